The minimum absolute atomic E-state index is 0.330. The largest absolute Gasteiger partial charge is 0.481 e. The molecule has 1 fully saturated rings. The van der Waals surface area contributed by atoms with E-state index in [-0.39, 0.29) is 0 Å². The second-order valence-corrected chi connectivity index (χ2v) is 3.48. The first-order chi connectivity index (χ1) is 5.72. The van der Waals surface area contributed by atoms with Gasteiger partial charge in [-0.15, -0.1) is 0 Å². The maximum atomic E-state index is 10.4. The van der Waals surface area contributed by atoms with Crippen molar-refractivity contribution in [3.63, 3.8) is 0 Å². The fourth-order valence-electron chi connectivity index (χ4n) is 1.82. The molecule has 0 aromatic carbocycles. The van der Waals surface area contributed by atoms with Gasteiger partial charge in [0.2, 0.25) is 0 Å². The van der Waals surface area contributed by atoms with Crippen LogP contribution in [-0.2, 0) is 9.53 Å². The second kappa shape index (κ2) is 4.45. The van der Waals surface area contributed by atoms with Crippen LogP contribution in [0.25, 0.3) is 0 Å². The zero-order valence-corrected chi connectivity index (χ0v) is 7.45. The van der Waals surface area contributed by atoms with Gasteiger partial charge in [-0.3, -0.25) is 4.79 Å². The van der Waals surface area contributed by atoms with E-state index < -0.39 is 5.97 Å². The summed E-state index contributed by atoms with van der Waals surface area (Å²) >= 11 is 0. The molecule has 0 aromatic rings. The van der Waals surface area contributed by atoms with E-state index in [1.807, 2.05) is 0 Å². The van der Waals surface area contributed by atoms with E-state index in [1.54, 1.807) is 7.11 Å². The lowest BCUT2D eigenvalue weighted by molar-refractivity contribution is -0.138. The summed E-state index contributed by atoms with van der Waals surface area (Å²) in [6.07, 6.45) is 4.75. The molecule has 1 aliphatic carbocycles. The zero-order chi connectivity index (χ0) is 8.97. The topological polar surface area (TPSA) is 46.5 Å². The molecule has 70 valence electrons. The van der Waals surface area contributed by atoms with E-state index in [0.717, 1.165) is 25.7 Å². The zero-order valence-electron chi connectivity index (χ0n) is 7.45. The molecular formula is C9H16O3. The monoisotopic (exact) mass is 172 g/mol. The van der Waals surface area contributed by atoms with Crippen LogP contribution in [0.15, 0.2) is 0 Å². The molecule has 3 nitrogen and oxygen atoms in total. The van der Waals surface area contributed by atoms with E-state index in [9.17, 15) is 4.79 Å². The number of ether oxygens (including phenoxy) is 1. The maximum absolute atomic E-state index is 10.4. The molecule has 0 saturated heterocycles. The summed E-state index contributed by atoms with van der Waals surface area (Å²) in [6.45, 7) is 0. The summed E-state index contributed by atoms with van der Waals surface area (Å²) in [5, 5.41) is 8.56. The second-order valence-electron chi connectivity index (χ2n) is 3.48. The number of carboxylic acids is 1. The summed E-state index contributed by atoms with van der Waals surface area (Å²) in [7, 11) is 1.72. The Kier molecular flexibility index (Phi) is 3.53. The van der Waals surface area contributed by atoms with E-state index in [1.165, 1.54) is 0 Å². The van der Waals surface area contributed by atoms with E-state index in [0.29, 0.717) is 18.4 Å². The van der Waals surface area contributed by atoms with Gasteiger partial charge in [-0.2, -0.15) is 0 Å². The third-order valence-corrected chi connectivity index (χ3v) is 2.59. The minimum atomic E-state index is -0.670. The summed E-state index contributed by atoms with van der Waals surface area (Å²) < 4.78 is 5.20. The van der Waals surface area contributed by atoms with Gasteiger partial charge in [0, 0.05) is 13.5 Å². The molecule has 0 amide bonds. The quantitative estimate of drug-likeness (QED) is 0.704. The smallest absolute Gasteiger partial charge is 0.303 e. The first-order valence-corrected chi connectivity index (χ1v) is 4.47. The highest BCUT2D eigenvalue weighted by Crippen LogP contribution is 2.27. The van der Waals surface area contributed by atoms with Crippen molar-refractivity contribution in [2.24, 2.45) is 5.92 Å². The summed E-state index contributed by atoms with van der Waals surface area (Å²) in [4.78, 5) is 10.4. The molecule has 1 rings (SSSR count). The number of carbonyl (C=O) groups is 1. The van der Waals surface area contributed by atoms with Gasteiger partial charge in [0.25, 0.3) is 0 Å². The maximum Gasteiger partial charge on any atom is 0.303 e. The summed E-state index contributed by atoms with van der Waals surface area (Å²) in [5.74, 6) is -0.287. The van der Waals surface area contributed by atoms with Gasteiger partial charge in [0.1, 0.15) is 0 Å². The third-order valence-electron chi connectivity index (χ3n) is 2.59. The van der Waals surface area contributed by atoms with Gasteiger partial charge < -0.3 is 9.84 Å². The Morgan fingerprint density at radius 3 is 2.42 bits per heavy atom. The minimum Gasteiger partial charge on any atom is -0.481 e. The predicted octanol–water partition coefficient (Wildman–Crippen LogP) is 1.67. The van der Waals surface area contributed by atoms with Crippen molar-refractivity contribution in [2.45, 2.75) is 38.2 Å². The van der Waals surface area contributed by atoms with Crippen molar-refractivity contribution in [3.05, 3.63) is 0 Å². The molecule has 0 atom stereocenters. The fraction of sp³-hybridized carbons (Fsp3) is 0.889. The van der Waals surface area contributed by atoms with Crippen LogP contribution in [0, 0.1) is 5.92 Å². The fourth-order valence-corrected chi connectivity index (χ4v) is 1.82. The van der Waals surface area contributed by atoms with Crippen molar-refractivity contribution in [1.29, 1.82) is 0 Å². The number of carboxylic acid groups (broad SMARTS) is 1. The Hall–Kier alpha value is -0.570. The molecule has 1 aliphatic rings. The van der Waals surface area contributed by atoms with Crippen molar-refractivity contribution >= 4 is 5.97 Å². The molecular weight excluding hydrogens is 156 g/mol. The van der Waals surface area contributed by atoms with Crippen molar-refractivity contribution < 1.29 is 14.6 Å². The van der Waals surface area contributed by atoms with Gasteiger partial charge in [0.05, 0.1) is 6.10 Å². The molecule has 12 heavy (non-hydrogen) atoms. The molecule has 0 radical (unpaired) electrons. The average molecular weight is 172 g/mol. The number of methoxy groups -OCH3 is 1. The standard InChI is InChI=1S/C9H16O3/c1-12-8-4-2-7(3-5-8)6-9(10)11/h7-8H,2-6H2,1H3,(H,10,11)/t7-,8-. The molecule has 3 heteroatoms. The normalized spacial score (nSPS) is 30.1. The van der Waals surface area contributed by atoms with Gasteiger partial charge in [0.15, 0.2) is 0 Å². The lowest BCUT2D eigenvalue weighted by Crippen LogP contribution is -2.21. The summed E-state index contributed by atoms with van der Waals surface area (Å²) in [6, 6.07) is 0. The lowest BCUT2D eigenvalue weighted by atomic mass is 9.85. The van der Waals surface area contributed by atoms with Gasteiger partial charge in [-0.25, -0.2) is 0 Å². The third kappa shape index (κ3) is 2.81. The number of hydrogen-bond acceptors (Lipinski definition) is 2. The highest BCUT2D eigenvalue weighted by atomic mass is 16.5. The van der Waals surface area contributed by atoms with E-state index in [4.69, 9.17) is 9.84 Å². The van der Waals surface area contributed by atoms with Crippen LogP contribution in [0.1, 0.15) is 32.1 Å². The highest BCUT2D eigenvalue weighted by Gasteiger charge is 2.22. The number of aliphatic carboxylic acids is 1. The lowest BCUT2D eigenvalue weighted by Gasteiger charge is -2.26. The van der Waals surface area contributed by atoms with E-state index >= 15 is 0 Å². The molecule has 0 bridgehead atoms. The molecule has 0 spiro atoms. The van der Waals surface area contributed by atoms with Crippen LogP contribution in [0.5, 0.6) is 0 Å². The van der Waals surface area contributed by atoms with Crippen LogP contribution < -0.4 is 0 Å². The first kappa shape index (κ1) is 9.52. The number of rotatable bonds is 3. The Bertz CT molecular complexity index is 148. The van der Waals surface area contributed by atoms with Gasteiger partial charge in [-0.1, -0.05) is 0 Å². The molecule has 1 saturated carbocycles. The van der Waals surface area contributed by atoms with E-state index in [2.05, 4.69) is 0 Å². The van der Waals surface area contributed by atoms with Crippen molar-refractivity contribution in [2.75, 3.05) is 7.11 Å². The van der Waals surface area contributed by atoms with Crippen molar-refractivity contribution in [3.8, 4) is 0 Å². The highest BCUT2D eigenvalue weighted by molar-refractivity contribution is 5.67. The van der Waals surface area contributed by atoms with Crippen LogP contribution in [0.3, 0.4) is 0 Å². The van der Waals surface area contributed by atoms with Crippen LogP contribution in [-0.4, -0.2) is 24.3 Å². The molecule has 0 heterocycles. The predicted molar refractivity (Wildman–Crippen MR) is 45.0 cm³/mol. The Morgan fingerprint density at radius 2 is 2.00 bits per heavy atom. The SMILES string of the molecule is CO[C@H]1CC[C@H](CC(=O)O)CC1. The van der Waals surface area contributed by atoms with Gasteiger partial charge >= 0.3 is 5.97 Å². The Labute approximate surface area is 72.7 Å². The van der Waals surface area contributed by atoms with Gasteiger partial charge in [-0.05, 0) is 31.6 Å². The number of hydrogen-bond donors (Lipinski definition) is 1. The first-order valence-electron chi connectivity index (χ1n) is 4.47. The molecule has 1 N–H and O–H groups in total. The summed E-state index contributed by atoms with van der Waals surface area (Å²) in [5.41, 5.74) is 0. The molecule has 0 aromatic heterocycles. The van der Waals surface area contributed by atoms with Crippen molar-refractivity contribution in [1.82, 2.24) is 0 Å². The van der Waals surface area contributed by atoms with Crippen LogP contribution >= 0.6 is 0 Å². The Morgan fingerprint density at radius 1 is 1.42 bits per heavy atom. The molecule has 0 aliphatic heterocycles. The average Bonchev–Trinajstić information content (AvgIpc) is 2.05. The Balaban J connectivity index is 2.21. The van der Waals surface area contributed by atoms with Crippen LogP contribution in [0.2, 0.25) is 0 Å². The molecule has 0 unspecified atom stereocenters. The van der Waals surface area contributed by atoms with Crippen LogP contribution in [0.4, 0.5) is 0 Å².